The van der Waals surface area contributed by atoms with E-state index in [1.165, 1.54) is 11.3 Å². The summed E-state index contributed by atoms with van der Waals surface area (Å²) in [6, 6.07) is 0. The van der Waals surface area contributed by atoms with Crippen molar-refractivity contribution in [1.29, 1.82) is 0 Å². The normalized spacial score (nSPS) is 10.5. The zero-order valence-electron chi connectivity index (χ0n) is 7.02. The van der Waals surface area contributed by atoms with Crippen LogP contribution in [-0.4, -0.2) is 20.0 Å². The number of aromatic nitrogens is 4. The average Bonchev–Trinajstić information content (AvgIpc) is 2.71. The first-order valence-electron chi connectivity index (χ1n) is 3.88. The SMILES string of the molecule is CCn1cc(-c2n[nH]c(=S)s2)cn1. The number of aromatic amines is 1. The van der Waals surface area contributed by atoms with E-state index in [0.717, 1.165) is 17.1 Å². The number of nitrogens with zero attached hydrogens (tertiary/aromatic N) is 3. The standard InChI is InChI=1S/C7H8N4S2/c1-2-11-4-5(3-8-11)6-9-10-7(12)13-6/h3-4H,2H2,1H3,(H,10,12). The molecule has 13 heavy (non-hydrogen) atoms. The molecular formula is C7H8N4S2. The van der Waals surface area contributed by atoms with Crippen LogP contribution in [0, 0.1) is 3.95 Å². The molecule has 0 saturated carbocycles. The van der Waals surface area contributed by atoms with E-state index in [1.807, 2.05) is 17.8 Å². The van der Waals surface area contributed by atoms with Crippen LogP contribution in [0.3, 0.4) is 0 Å². The van der Waals surface area contributed by atoms with E-state index < -0.39 is 0 Å². The second-order valence-electron chi connectivity index (χ2n) is 2.50. The zero-order valence-corrected chi connectivity index (χ0v) is 8.65. The molecule has 2 rings (SSSR count). The van der Waals surface area contributed by atoms with Crippen LogP contribution in [0.15, 0.2) is 12.4 Å². The minimum absolute atomic E-state index is 0.694. The van der Waals surface area contributed by atoms with Gasteiger partial charge < -0.3 is 0 Å². The molecule has 2 aromatic rings. The number of hydrogen-bond donors (Lipinski definition) is 1. The van der Waals surface area contributed by atoms with Gasteiger partial charge in [0.2, 0.25) is 0 Å². The summed E-state index contributed by atoms with van der Waals surface area (Å²) in [5.74, 6) is 0. The van der Waals surface area contributed by atoms with Gasteiger partial charge in [0.25, 0.3) is 0 Å². The third kappa shape index (κ3) is 1.68. The Labute approximate surface area is 84.2 Å². The molecule has 0 saturated heterocycles. The molecule has 0 aliphatic rings. The lowest BCUT2D eigenvalue weighted by Crippen LogP contribution is -1.91. The van der Waals surface area contributed by atoms with E-state index in [2.05, 4.69) is 15.3 Å². The number of nitrogens with one attached hydrogen (secondary N) is 1. The van der Waals surface area contributed by atoms with Crippen LogP contribution in [0.1, 0.15) is 6.92 Å². The van der Waals surface area contributed by atoms with Gasteiger partial charge in [-0.1, -0.05) is 11.3 Å². The van der Waals surface area contributed by atoms with Crippen molar-refractivity contribution in [3.8, 4) is 10.6 Å². The molecule has 0 aliphatic carbocycles. The number of aryl methyl sites for hydroxylation is 1. The third-order valence-corrected chi connectivity index (χ3v) is 2.78. The second kappa shape index (κ2) is 3.39. The van der Waals surface area contributed by atoms with Crippen LogP contribution in [0.4, 0.5) is 0 Å². The van der Waals surface area contributed by atoms with Crippen molar-refractivity contribution in [2.75, 3.05) is 0 Å². The summed E-state index contributed by atoms with van der Waals surface area (Å²) >= 11 is 6.40. The molecule has 2 aromatic heterocycles. The molecule has 0 amide bonds. The molecule has 2 heterocycles. The largest absolute Gasteiger partial charge is 0.272 e. The maximum absolute atomic E-state index is 4.94. The van der Waals surface area contributed by atoms with E-state index >= 15 is 0 Å². The van der Waals surface area contributed by atoms with Gasteiger partial charge in [0.1, 0.15) is 5.01 Å². The fraction of sp³-hybridized carbons (Fsp3) is 0.286. The quantitative estimate of drug-likeness (QED) is 0.775. The fourth-order valence-electron chi connectivity index (χ4n) is 1.00. The molecule has 1 N–H and O–H groups in total. The minimum Gasteiger partial charge on any atom is -0.272 e. The summed E-state index contributed by atoms with van der Waals surface area (Å²) in [5, 5.41) is 11.9. The predicted molar refractivity (Wildman–Crippen MR) is 54.2 cm³/mol. The van der Waals surface area contributed by atoms with Crippen LogP contribution < -0.4 is 0 Å². The molecule has 0 fully saturated rings. The smallest absolute Gasteiger partial charge is 0.176 e. The molecule has 68 valence electrons. The van der Waals surface area contributed by atoms with Crippen molar-refractivity contribution in [2.45, 2.75) is 13.5 Å². The van der Waals surface area contributed by atoms with Crippen molar-refractivity contribution < 1.29 is 0 Å². The lowest BCUT2D eigenvalue weighted by molar-refractivity contribution is 0.660. The van der Waals surface area contributed by atoms with E-state index in [1.54, 1.807) is 6.20 Å². The maximum Gasteiger partial charge on any atom is 0.176 e. The predicted octanol–water partition coefficient (Wildman–Crippen LogP) is 2.08. The Morgan fingerprint density at radius 1 is 1.69 bits per heavy atom. The monoisotopic (exact) mass is 212 g/mol. The van der Waals surface area contributed by atoms with Gasteiger partial charge in [-0.05, 0) is 19.1 Å². The summed E-state index contributed by atoms with van der Waals surface area (Å²) in [7, 11) is 0. The average molecular weight is 212 g/mol. The Hall–Kier alpha value is -1.01. The van der Waals surface area contributed by atoms with E-state index in [9.17, 15) is 0 Å². The summed E-state index contributed by atoms with van der Waals surface area (Å²) in [4.78, 5) is 0. The van der Waals surface area contributed by atoms with Crippen LogP contribution >= 0.6 is 23.6 Å². The number of hydrogen-bond acceptors (Lipinski definition) is 4. The Bertz CT molecular complexity index is 453. The first-order chi connectivity index (χ1) is 6.29. The van der Waals surface area contributed by atoms with Crippen LogP contribution in [0.2, 0.25) is 0 Å². The van der Waals surface area contributed by atoms with Crippen LogP contribution in [-0.2, 0) is 6.54 Å². The van der Waals surface area contributed by atoms with Crippen molar-refractivity contribution in [2.24, 2.45) is 0 Å². The Kier molecular flexibility index (Phi) is 2.24. The Morgan fingerprint density at radius 3 is 3.08 bits per heavy atom. The highest BCUT2D eigenvalue weighted by Gasteiger charge is 2.03. The summed E-state index contributed by atoms with van der Waals surface area (Å²) < 4.78 is 2.55. The van der Waals surface area contributed by atoms with E-state index in [0.29, 0.717) is 3.95 Å². The van der Waals surface area contributed by atoms with Gasteiger partial charge in [-0.2, -0.15) is 10.2 Å². The molecule has 0 bridgehead atoms. The van der Waals surface area contributed by atoms with Gasteiger partial charge in [-0.15, -0.1) is 0 Å². The second-order valence-corrected chi connectivity index (χ2v) is 4.17. The van der Waals surface area contributed by atoms with Gasteiger partial charge in [0, 0.05) is 12.7 Å². The summed E-state index contributed by atoms with van der Waals surface area (Å²) in [6.07, 6.45) is 3.76. The molecular weight excluding hydrogens is 204 g/mol. The van der Waals surface area contributed by atoms with Crippen molar-refractivity contribution in [3.05, 3.63) is 16.3 Å². The maximum atomic E-state index is 4.94. The van der Waals surface area contributed by atoms with Crippen LogP contribution in [0.25, 0.3) is 10.6 Å². The minimum atomic E-state index is 0.694. The molecule has 0 aliphatic heterocycles. The summed E-state index contributed by atoms with van der Waals surface area (Å²) in [6.45, 7) is 2.92. The fourth-order valence-corrected chi connectivity index (χ4v) is 1.86. The molecule has 0 aromatic carbocycles. The number of H-pyrrole nitrogens is 1. The van der Waals surface area contributed by atoms with Crippen LogP contribution in [0.5, 0.6) is 0 Å². The highest BCUT2D eigenvalue weighted by Crippen LogP contribution is 2.20. The Morgan fingerprint density at radius 2 is 2.54 bits per heavy atom. The first kappa shape index (κ1) is 8.58. The van der Waals surface area contributed by atoms with Gasteiger partial charge in [0.15, 0.2) is 3.95 Å². The third-order valence-electron chi connectivity index (χ3n) is 1.64. The molecule has 0 atom stereocenters. The van der Waals surface area contributed by atoms with Gasteiger partial charge >= 0.3 is 0 Å². The number of rotatable bonds is 2. The van der Waals surface area contributed by atoms with Gasteiger partial charge in [-0.25, -0.2) is 0 Å². The molecule has 0 unspecified atom stereocenters. The molecule has 6 heteroatoms. The van der Waals surface area contributed by atoms with Gasteiger partial charge in [-0.3, -0.25) is 9.78 Å². The van der Waals surface area contributed by atoms with Crippen molar-refractivity contribution >= 4 is 23.6 Å². The first-order valence-corrected chi connectivity index (χ1v) is 5.10. The highest BCUT2D eigenvalue weighted by atomic mass is 32.1. The Balaban J connectivity index is 2.40. The zero-order chi connectivity index (χ0) is 9.26. The molecule has 4 nitrogen and oxygen atoms in total. The lowest BCUT2D eigenvalue weighted by atomic mass is 10.4. The molecule has 0 spiro atoms. The summed E-state index contributed by atoms with van der Waals surface area (Å²) in [5.41, 5.74) is 1.01. The van der Waals surface area contributed by atoms with Crippen molar-refractivity contribution in [1.82, 2.24) is 20.0 Å². The van der Waals surface area contributed by atoms with E-state index in [-0.39, 0.29) is 0 Å². The van der Waals surface area contributed by atoms with E-state index in [4.69, 9.17) is 12.2 Å². The highest BCUT2D eigenvalue weighted by molar-refractivity contribution is 7.73. The molecule has 0 radical (unpaired) electrons. The van der Waals surface area contributed by atoms with Gasteiger partial charge in [0.05, 0.1) is 11.8 Å². The topological polar surface area (TPSA) is 46.5 Å². The van der Waals surface area contributed by atoms with Crippen molar-refractivity contribution in [3.63, 3.8) is 0 Å². The lowest BCUT2D eigenvalue weighted by Gasteiger charge is -1.89.